The van der Waals surface area contributed by atoms with Crippen LogP contribution in [-0.4, -0.2) is 15.6 Å². The highest BCUT2D eigenvalue weighted by Gasteiger charge is 2.20. The predicted molar refractivity (Wildman–Crippen MR) is 82.1 cm³/mol. The second kappa shape index (κ2) is 5.04. The summed E-state index contributed by atoms with van der Waals surface area (Å²) in [7, 11) is 0. The maximum absolute atomic E-state index is 5.93. The van der Waals surface area contributed by atoms with Crippen molar-refractivity contribution in [3.8, 4) is 0 Å². The lowest BCUT2D eigenvalue weighted by molar-refractivity contribution is 0.437. The quantitative estimate of drug-likeness (QED) is 0.780. The Morgan fingerprint density at radius 1 is 1.19 bits per heavy atom. The summed E-state index contributed by atoms with van der Waals surface area (Å²) in [5.74, 6) is 3.01. The molecule has 3 aromatic rings. The smallest absolute Gasteiger partial charge is 0.124 e. The molecule has 0 aliphatic heterocycles. The molecule has 108 valence electrons. The summed E-state index contributed by atoms with van der Waals surface area (Å²) in [5, 5.41) is 3.47. The predicted octanol–water partition coefficient (Wildman–Crippen LogP) is 3.24. The minimum absolute atomic E-state index is 0.707. The minimum atomic E-state index is 0.707. The number of furan rings is 1. The van der Waals surface area contributed by atoms with E-state index in [9.17, 15) is 0 Å². The summed E-state index contributed by atoms with van der Waals surface area (Å²) in [5.41, 5.74) is 2.20. The van der Waals surface area contributed by atoms with Gasteiger partial charge in [0, 0.05) is 6.04 Å². The van der Waals surface area contributed by atoms with Crippen molar-refractivity contribution in [3.63, 3.8) is 0 Å². The van der Waals surface area contributed by atoms with Gasteiger partial charge in [0.05, 0.1) is 24.1 Å². The fourth-order valence-electron chi connectivity index (χ4n) is 2.69. The van der Waals surface area contributed by atoms with Crippen LogP contribution in [0.3, 0.4) is 0 Å². The Morgan fingerprint density at radius 3 is 2.86 bits per heavy atom. The van der Waals surface area contributed by atoms with Gasteiger partial charge in [0.1, 0.15) is 17.3 Å². The van der Waals surface area contributed by atoms with E-state index in [-0.39, 0.29) is 0 Å². The molecule has 4 nitrogen and oxygen atoms in total. The molecule has 0 unspecified atom stereocenters. The van der Waals surface area contributed by atoms with Gasteiger partial charge in [0.2, 0.25) is 0 Å². The van der Waals surface area contributed by atoms with Crippen LogP contribution in [0, 0.1) is 6.92 Å². The van der Waals surface area contributed by atoms with Crippen LogP contribution < -0.4 is 5.32 Å². The lowest BCUT2D eigenvalue weighted by Gasteiger charge is -2.04. The van der Waals surface area contributed by atoms with Gasteiger partial charge in [-0.05, 0) is 44.0 Å². The van der Waals surface area contributed by atoms with Crippen LogP contribution in [0.15, 0.2) is 40.8 Å². The Balaban J connectivity index is 1.55. The van der Waals surface area contributed by atoms with Crippen LogP contribution in [0.25, 0.3) is 11.0 Å². The molecule has 2 heterocycles. The number of para-hydroxylation sites is 2. The molecule has 0 bridgehead atoms. The summed E-state index contributed by atoms with van der Waals surface area (Å²) >= 11 is 0. The first-order valence-corrected chi connectivity index (χ1v) is 7.52. The zero-order chi connectivity index (χ0) is 14.2. The van der Waals surface area contributed by atoms with Gasteiger partial charge in [-0.2, -0.15) is 0 Å². The van der Waals surface area contributed by atoms with Gasteiger partial charge >= 0.3 is 0 Å². The van der Waals surface area contributed by atoms with Crippen molar-refractivity contribution >= 4 is 11.0 Å². The molecule has 1 aliphatic carbocycles. The van der Waals surface area contributed by atoms with E-state index in [1.165, 1.54) is 12.8 Å². The SMILES string of the molecule is Cc1nc2ccccc2n1Cc1ccc(CNC2CC2)o1. The molecule has 4 heteroatoms. The number of benzene rings is 1. The van der Waals surface area contributed by atoms with Crippen LogP contribution in [-0.2, 0) is 13.1 Å². The van der Waals surface area contributed by atoms with E-state index in [1.54, 1.807) is 0 Å². The van der Waals surface area contributed by atoms with Gasteiger partial charge in [-0.25, -0.2) is 4.98 Å². The number of hydrogen-bond donors (Lipinski definition) is 1. The molecule has 21 heavy (non-hydrogen) atoms. The number of hydrogen-bond acceptors (Lipinski definition) is 3. The number of nitrogens with one attached hydrogen (secondary N) is 1. The van der Waals surface area contributed by atoms with E-state index in [2.05, 4.69) is 33.1 Å². The van der Waals surface area contributed by atoms with E-state index < -0.39 is 0 Å². The van der Waals surface area contributed by atoms with Crippen molar-refractivity contribution in [2.24, 2.45) is 0 Å². The first-order chi connectivity index (χ1) is 10.3. The van der Waals surface area contributed by atoms with Crippen LogP contribution in [0.4, 0.5) is 0 Å². The third-order valence-electron chi connectivity index (χ3n) is 4.02. The lowest BCUT2D eigenvalue weighted by atomic mass is 10.3. The molecule has 1 fully saturated rings. The second-order valence-corrected chi connectivity index (χ2v) is 5.76. The first kappa shape index (κ1) is 12.7. The zero-order valence-electron chi connectivity index (χ0n) is 12.2. The number of fused-ring (bicyclic) bond motifs is 1. The van der Waals surface area contributed by atoms with Crippen molar-refractivity contribution < 1.29 is 4.42 Å². The zero-order valence-corrected chi connectivity index (χ0v) is 12.2. The van der Waals surface area contributed by atoms with E-state index in [1.807, 2.05) is 25.1 Å². The van der Waals surface area contributed by atoms with Gasteiger partial charge in [-0.3, -0.25) is 0 Å². The maximum Gasteiger partial charge on any atom is 0.124 e. The summed E-state index contributed by atoms with van der Waals surface area (Å²) in [4.78, 5) is 4.59. The largest absolute Gasteiger partial charge is 0.463 e. The van der Waals surface area contributed by atoms with E-state index in [0.29, 0.717) is 6.04 Å². The summed E-state index contributed by atoms with van der Waals surface area (Å²) in [6.07, 6.45) is 2.60. The lowest BCUT2D eigenvalue weighted by Crippen LogP contribution is -2.14. The normalized spacial score (nSPS) is 14.9. The molecule has 1 aromatic carbocycles. The third-order valence-corrected chi connectivity index (χ3v) is 4.02. The molecular formula is C17H19N3O. The van der Waals surface area contributed by atoms with Crippen LogP contribution >= 0.6 is 0 Å². The van der Waals surface area contributed by atoms with Crippen LogP contribution in [0.2, 0.25) is 0 Å². The number of nitrogens with zero attached hydrogens (tertiary/aromatic N) is 2. The Morgan fingerprint density at radius 2 is 2.00 bits per heavy atom. The molecule has 0 atom stereocenters. The standard InChI is InChI=1S/C17H19N3O/c1-12-19-16-4-2-3-5-17(16)20(12)11-15-9-8-14(21-15)10-18-13-6-7-13/h2-5,8-9,13,18H,6-7,10-11H2,1H3. The molecule has 0 spiro atoms. The highest BCUT2D eigenvalue weighted by Crippen LogP contribution is 2.21. The van der Waals surface area contributed by atoms with E-state index in [4.69, 9.17) is 4.42 Å². The number of imidazole rings is 1. The Kier molecular flexibility index (Phi) is 3.04. The van der Waals surface area contributed by atoms with E-state index in [0.717, 1.165) is 41.5 Å². The van der Waals surface area contributed by atoms with Gasteiger partial charge in [0.15, 0.2) is 0 Å². The average Bonchev–Trinajstić information content (AvgIpc) is 3.13. The maximum atomic E-state index is 5.93. The fraction of sp³-hybridized carbons (Fsp3) is 0.353. The topological polar surface area (TPSA) is 43.0 Å². The van der Waals surface area contributed by atoms with Gasteiger partial charge < -0.3 is 14.3 Å². The summed E-state index contributed by atoms with van der Waals surface area (Å²) in [6.45, 7) is 3.60. The van der Waals surface area contributed by atoms with Crippen molar-refractivity contribution in [1.82, 2.24) is 14.9 Å². The second-order valence-electron chi connectivity index (χ2n) is 5.76. The molecule has 1 saturated carbocycles. The average molecular weight is 281 g/mol. The third kappa shape index (κ3) is 2.59. The van der Waals surface area contributed by atoms with Crippen molar-refractivity contribution in [1.29, 1.82) is 0 Å². The highest BCUT2D eigenvalue weighted by atomic mass is 16.3. The van der Waals surface area contributed by atoms with Crippen molar-refractivity contribution in [2.75, 3.05) is 0 Å². The molecule has 0 amide bonds. The van der Waals surface area contributed by atoms with Gasteiger partial charge in [0.25, 0.3) is 0 Å². The first-order valence-electron chi connectivity index (χ1n) is 7.52. The molecule has 0 radical (unpaired) electrons. The van der Waals surface area contributed by atoms with Crippen molar-refractivity contribution in [2.45, 2.75) is 38.9 Å². The Hall–Kier alpha value is -2.07. The van der Waals surface area contributed by atoms with Gasteiger partial charge in [-0.15, -0.1) is 0 Å². The minimum Gasteiger partial charge on any atom is -0.463 e. The number of rotatable bonds is 5. The van der Waals surface area contributed by atoms with Crippen molar-refractivity contribution in [3.05, 3.63) is 53.7 Å². The number of aryl methyl sites for hydroxylation is 1. The van der Waals surface area contributed by atoms with Gasteiger partial charge in [-0.1, -0.05) is 12.1 Å². The fourth-order valence-corrected chi connectivity index (χ4v) is 2.69. The summed E-state index contributed by atoms with van der Waals surface area (Å²) < 4.78 is 8.13. The molecule has 0 saturated heterocycles. The molecule has 2 aromatic heterocycles. The molecular weight excluding hydrogens is 262 g/mol. The van der Waals surface area contributed by atoms with Crippen LogP contribution in [0.5, 0.6) is 0 Å². The molecule has 4 rings (SSSR count). The highest BCUT2D eigenvalue weighted by molar-refractivity contribution is 5.75. The Labute approximate surface area is 123 Å². The monoisotopic (exact) mass is 281 g/mol. The molecule has 1 aliphatic rings. The van der Waals surface area contributed by atoms with Crippen LogP contribution in [0.1, 0.15) is 30.2 Å². The van der Waals surface area contributed by atoms with E-state index >= 15 is 0 Å². The molecule has 1 N–H and O–H groups in total. The number of aromatic nitrogens is 2. The summed E-state index contributed by atoms with van der Waals surface area (Å²) in [6, 6.07) is 13.1. The Bertz CT molecular complexity index is 767.